The van der Waals surface area contributed by atoms with Crippen molar-refractivity contribution < 1.29 is 9.59 Å². The molecule has 0 radical (unpaired) electrons. The number of Topliss-reactive ketones (excluding diaryl/α,β-unsaturated/α-hetero) is 1. The standard InChI is InChI=1S/C20H24N2O2S/c1-10-7-11(2)12(3)16(8-10)17(23)9-25-20-18(19(21)24)14(5)13(4)15(6)22-20/h7-8H,9H2,1-6H3,(H2,21,24). The predicted octanol–water partition coefficient (Wildman–Crippen LogP) is 4.01. The average molecular weight is 356 g/mol. The molecule has 0 bridgehead atoms. The van der Waals surface area contributed by atoms with Crippen LogP contribution in [0.4, 0.5) is 0 Å². The summed E-state index contributed by atoms with van der Waals surface area (Å²) in [4.78, 5) is 29.0. The van der Waals surface area contributed by atoms with Gasteiger partial charge in [0.15, 0.2) is 5.78 Å². The molecular weight excluding hydrogens is 332 g/mol. The smallest absolute Gasteiger partial charge is 0.251 e. The number of carbonyl (C=O) groups is 2. The first-order valence-electron chi connectivity index (χ1n) is 8.15. The molecule has 4 nitrogen and oxygen atoms in total. The Kier molecular flexibility index (Phi) is 5.68. The normalized spacial score (nSPS) is 10.8. The number of nitrogens with two attached hydrogens (primary N) is 1. The zero-order chi connectivity index (χ0) is 18.9. The fourth-order valence-electron chi connectivity index (χ4n) is 2.85. The third kappa shape index (κ3) is 3.93. The Morgan fingerprint density at radius 1 is 1.00 bits per heavy atom. The van der Waals surface area contributed by atoms with E-state index in [1.54, 1.807) is 0 Å². The third-order valence-corrected chi connectivity index (χ3v) is 5.64. The molecule has 1 aromatic heterocycles. The minimum absolute atomic E-state index is 0.0300. The second kappa shape index (κ2) is 7.40. The van der Waals surface area contributed by atoms with Gasteiger partial charge in [-0.05, 0) is 69.9 Å². The van der Waals surface area contributed by atoms with Crippen molar-refractivity contribution in [3.63, 3.8) is 0 Å². The van der Waals surface area contributed by atoms with Crippen molar-refractivity contribution >= 4 is 23.5 Å². The van der Waals surface area contributed by atoms with Crippen LogP contribution in [-0.4, -0.2) is 22.4 Å². The van der Waals surface area contributed by atoms with E-state index < -0.39 is 5.91 Å². The number of hydrogen-bond donors (Lipinski definition) is 1. The largest absolute Gasteiger partial charge is 0.366 e. The summed E-state index contributed by atoms with van der Waals surface area (Å²) in [7, 11) is 0. The molecule has 2 rings (SSSR count). The van der Waals surface area contributed by atoms with E-state index in [4.69, 9.17) is 5.73 Å². The van der Waals surface area contributed by atoms with Crippen LogP contribution >= 0.6 is 11.8 Å². The SMILES string of the molecule is Cc1cc(C)c(C)c(C(=O)CSc2nc(C)c(C)c(C)c2C(N)=O)c1. The topological polar surface area (TPSA) is 73.1 Å². The van der Waals surface area contributed by atoms with Gasteiger partial charge in [0.1, 0.15) is 5.03 Å². The molecule has 0 spiro atoms. The molecular formula is C20H24N2O2S. The van der Waals surface area contributed by atoms with Crippen molar-refractivity contribution in [1.29, 1.82) is 0 Å². The van der Waals surface area contributed by atoms with Gasteiger partial charge < -0.3 is 5.73 Å². The van der Waals surface area contributed by atoms with E-state index in [0.29, 0.717) is 10.6 Å². The lowest BCUT2D eigenvalue weighted by Gasteiger charge is -2.14. The van der Waals surface area contributed by atoms with Gasteiger partial charge in [-0.3, -0.25) is 9.59 Å². The highest BCUT2D eigenvalue weighted by atomic mass is 32.2. The monoisotopic (exact) mass is 356 g/mol. The fourth-order valence-corrected chi connectivity index (χ4v) is 3.87. The molecule has 25 heavy (non-hydrogen) atoms. The van der Waals surface area contributed by atoms with Gasteiger partial charge in [0, 0.05) is 11.3 Å². The Bertz CT molecular complexity index is 873. The van der Waals surface area contributed by atoms with Crippen LogP contribution in [0.5, 0.6) is 0 Å². The molecule has 0 aliphatic carbocycles. The van der Waals surface area contributed by atoms with Gasteiger partial charge in [-0.1, -0.05) is 23.4 Å². The number of nitrogens with zero attached hydrogens (tertiary/aromatic N) is 1. The van der Waals surface area contributed by atoms with E-state index in [0.717, 1.165) is 39.1 Å². The number of primary amides is 1. The highest BCUT2D eigenvalue weighted by Gasteiger charge is 2.19. The second-order valence-corrected chi connectivity index (χ2v) is 7.42. The molecule has 0 aliphatic rings. The number of pyridine rings is 1. The van der Waals surface area contributed by atoms with E-state index >= 15 is 0 Å². The van der Waals surface area contributed by atoms with Crippen LogP contribution in [0, 0.1) is 41.5 Å². The molecule has 2 aromatic rings. The number of aryl methyl sites for hydroxylation is 3. The fraction of sp³-hybridized carbons (Fsp3) is 0.350. The quantitative estimate of drug-likeness (QED) is 0.649. The van der Waals surface area contributed by atoms with Crippen LogP contribution < -0.4 is 5.73 Å². The maximum absolute atomic E-state index is 12.7. The summed E-state index contributed by atoms with van der Waals surface area (Å²) >= 11 is 1.27. The van der Waals surface area contributed by atoms with Crippen molar-refractivity contribution in [3.8, 4) is 0 Å². The first-order valence-corrected chi connectivity index (χ1v) is 9.13. The van der Waals surface area contributed by atoms with Crippen LogP contribution in [-0.2, 0) is 0 Å². The van der Waals surface area contributed by atoms with Crippen LogP contribution in [0.1, 0.15) is 54.2 Å². The van der Waals surface area contributed by atoms with Gasteiger partial charge in [-0.2, -0.15) is 0 Å². The maximum atomic E-state index is 12.7. The number of ketones is 1. The first kappa shape index (κ1) is 19.2. The van der Waals surface area contributed by atoms with E-state index in [-0.39, 0.29) is 11.5 Å². The Morgan fingerprint density at radius 2 is 1.64 bits per heavy atom. The van der Waals surface area contributed by atoms with Crippen LogP contribution in [0.15, 0.2) is 17.2 Å². The Labute approximate surface area is 153 Å². The van der Waals surface area contributed by atoms with Crippen molar-refractivity contribution in [3.05, 3.63) is 56.8 Å². The average Bonchev–Trinajstić information content (AvgIpc) is 2.53. The lowest BCUT2D eigenvalue weighted by atomic mass is 9.98. The van der Waals surface area contributed by atoms with Gasteiger partial charge in [0.05, 0.1) is 11.3 Å². The summed E-state index contributed by atoms with van der Waals surface area (Å²) in [6, 6.07) is 3.98. The molecule has 0 fully saturated rings. The molecule has 0 aliphatic heterocycles. The van der Waals surface area contributed by atoms with Crippen molar-refractivity contribution in [1.82, 2.24) is 4.98 Å². The molecule has 1 aromatic carbocycles. The number of benzene rings is 1. The van der Waals surface area contributed by atoms with Gasteiger partial charge in [-0.25, -0.2) is 4.98 Å². The molecule has 5 heteroatoms. The van der Waals surface area contributed by atoms with Crippen molar-refractivity contribution in [2.75, 3.05) is 5.75 Å². The van der Waals surface area contributed by atoms with E-state index in [9.17, 15) is 9.59 Å². The summed E-state index contributed by atoms with van der Waals surface area (Å²) in [6.07, 6.45) is 0. The molecule has 0 saturated carbocycles. The summed E-state index contributed by atoms with van der Waals surface area (Å²) in [5.74, 6) is -0.257. The van der Waals surface area contributed by atoms with E-state index in [1.165, 1.54) is 11.8 Å². The molecule has 132 valence electrons. The Morgan fingerprint density at radius 3 is 2.24 bits per heavy atom. The predicted molar refractivity (Wildman–Crippen MR) is 103 cm³/mol. The molecule has 0 atom stereocenters. The van der Waals surface area contributed by atoms with Gasteiger partial charge in [0.25, 0.3) is 5.91 Å². The minimum Gasteiger partial charge on any atom is -0.366 e. The number of thioether (sulfide) groups is 1. The highest BCUT2D eigenvalue weighted by molar-refractivity contribution is 8.00. The third-order valence-electron chi connectivity index (χ3n) is 4.66. The summed E-state index contributed by atoms with van der Waals surface area (Å²) in [5.41, 5.74) is 12.5. The van der Waals surface area contributed by atoms with Crippen LogP contribution in [0.2, 0.25) is 0 Å². The van der Waals surface area contributed by atoms with Gasteiger partial charge in [0.2, 0.25) is 0 Å². The van der Waals surface area contributed by atoms with Crippen molar-refractivity contribution in [2.45, 2.75) is 46.6 Å². The molecule has 1 heterocycles. The molecule has 2 N–H and O–H groups in total. The summed E-state index contributed by atoms with van der Waals surface area (Å²) in [5, 5.41) is 0.531. The summed E-state index contributed by atoms with van der Waals surface area (Å²) in [6.45, 7) is 11.6. The summed E-state index contributed by atoms with van der Waals surface area (Å²) < 4.78 is 0. The lowest BCUT2D eigenvalue weighted by molar-refractivity contribution is 0.0992. The molecule has 1 amide bonds. The highest BCUT2D eigenvalue weighted by Crippen LogP contribution is 2.28. The number of amides is 1. The maximum Gasteiger partial charge on any atom is 0.251 e. The molecule has 0 unspecified atom stereocenters. The second-order valence-electron chi connectivity index (χ2n) is 6.46. The lowest BCUT2D eigenvalue weighted by Crippen LogP contribution is -2.17. The number of aromatic nitrogens is 1. The van der Waals surface area contributed by atoms with Gasteiger partial charge >= 0.3 is 0 Å². The number of hydrogen-bond acceptors (Lipinski definition) is 4. The zero-order valence-electron chi connectivity index (χ0n) is 15.6. The Hall–Kier alpha value is -2.14. The number of rotatable bonds is 5. The molecule has 0 saturated heterocycles. The first-order chi connectivity index (χ1) is 11.6. The minimum atomic E-state index is -0.509. The van der Waals surface area contributed by atoms with Crippen molar-refractivity contribution in [2.24, 2.45) is 5.73 Å². The van der Waals surface area contributed by atoms with Crippen LogP contribution in [0.3, 0.4) is 0 Å². The Balaban J connectivity index is 2.33. The zero-order valence-corrected chi connectivity index (χ0v) is 16.4. The van der Waals surface area contributed by atoms with E-state index in [1.807, 2.05) is 47.6 Å². The van der Waals surface area contributed by atoms with Gasteiger partial charge in [-0.15, -0.1) is 0 Å². The van der Waals surface area contributed by atoms with E-state index in [2.05, 4.69) is 11.1 Å². The van der Waals surface area contributed by atoms with Crippen LogP contribution in [0.25, 0.3) is 0 Å². The number of carbonyl (C=O) groups excluding carboxylic acids is 2.